The Kier molecular flexibility index (Phi) is 5.72. The fourth-order valence-corrected chi connectivity index (χ4v) is 3.56. The molecular formula is C18H21N5O2S. The van der Waals surface area contributed by atoms with Crippen LogP contribution in [-0.2, 0) is 4.79 Å². The van der Waals surface area contributed by atoms with Crippen LogP contribution in [0.4, 0.5) is 5.82 Å². The first-order valence-electron chi connectivity index (χ1n) is 8.43. The summed E-state index contributed by atoms with van der Waals surface area (Å²) in [6.45, 7) is 5.83. The quantitative estimate of drug-likeness (QED) is 0.638. The number of thioether (sulfide) groups is 1. The van der Waals surface area contributed by atoms with Gasteiger partial charge in [-0.1, -0.05) is 54.2 Å². The fraction of sp³-hybridized carbons (Fsp3) is 0.333. The lowest BCUT2D eigenvalue weighted by molar-refractivity contribution is -0.115. The highest BCUT2D eigenvalue weighted by molar-refractivity contribution is 8.00. The first-order valence-corrected chi connectivity index (χ1v) is 9.31. The Morgan fingerprint density at radius 1 is 1.35 bits per heavy atom. The van der Waals surface area contributed by atoms with Gasteiger partial charge in [-0.15, -0.1) is 10.2 Å². The number of aryl methyl sites for hydroxylation is 1. The van der Waals surface area contributed by atoms with Crippen LogP contribution in [0.3, 0.4) is 0 Å². The highest BCUT2D eigenvalue weighted by atomic mass is 32.2. The number of hydrogen-bond donors (Lipinski definition) is 1. The molecule has 2 aromatic heterocycles. The van der Waals surface area contributed by atoms with Crippen LogP contribution in [0.25, 0.3) is 0 Å². The van der Waals surface area contributed by atoms with Gasteiger partial charge in [-0.05, 0) is 25.8 Å². The molecule has 3 rings (SSSR count). The third-order valence-corrected chi connectivity index (χ3v) is 5.36. The summed E-state index contributed by atoms with van der Waals surface area (Å²) in [5, 5.41) is 15.2. The largest absolute Gasteiger partial charge is 0.360 e. The average molecular weight is 371 g/mol. The van der Waals surface area contributed by atoms with Crippen molar-refractivity contribution in [3.8, 4) is 0 Å². The van der Waals surface area contributed by atoms with Gasteiger partial charge in [-0.2, -0.15) is 0 Å². The number of nitrogens with one attached hydrogen (secondary N) is 1. The van der Waals surface area contributed by atoms with E-state index in [1.54, 1.807) is 19.3 Å². The summed E-state index contributed by atoms with van der Waals surface area (Å²) in [5.74, 6) is 0.941. The molecule has 0 fully saturated rings. The molecule has 0 aliphatic carbocycles. The molecule has 26 heavy (non-hydrogen) atoms. The number of carbonyl (C=O) groups is 1. The summed E-state index contributed by atoms with van der Waals surface area (Å²) >= 11 is 1.40. The maximum atomic E-state index is 12.6. The van der Waals surface area contributed by atoms with Crippen molar-refractivity contribution in [2.24, 2.45) is 0 Å². The molecule has 0 bridgehead atoms. The molecule has 136 valence electrons. The van der Waals surface area contributed by atoms with Gasteiger partial charge in [-0.3, -0.25) is 4.79 Å². The summed E-state index contributed by atoms with van der Waals surface area (Å²) in [5.41, 5.74) is 1.16. The Bertz CT molecular complexity index is 861. The number of nitrogens with zero attached hydrogens (tertiary/aromatic N) is 4. The van der Waals surface area contributed by atoms with Gasteiger partial charge in [-0.25, -0.2) is 0 Å². The Balaban J connectivity index is 1.73. The smallest absolute Gasteiger partial charge is 0.239 e. The Morgan fingerprint density at radius 2 is 2.12 bits per heavy atom. The van der Waals surface area contributed by atoms with Crippen LogP contribution in [-0.4, -0.2) is 31.1 Å². The van der Waals surface area contributed by atoms with E-state index in [0.29, 0.717) is 23.2 Å². The molecule has 3 aromatic rings. The number of aromatic nitrogens is 4. The lowest BCUT2D eigenvalue weighted by Gasteiger charge is -2.18. The van der Waals surface area contributed by atoms with E-state index >= 15 is 0 Å². The van der Waals surface area contributed by atoms with E-state index in [4.69, 9.17) is 4.52 Å². The molecule has 7 nitrogen and oxygen atoms in total. The SMILES string of the molecule is CC[C@@H](Sc1nncn1[C@H](C)c1ccccc1)C(=O)Nc1cc(C)on1. The number of amides is 1. The Labute approximate surface area is 156 Å². The average Bonchev–Trinajstić information content (AvgIpc) is 3.28. The Morgan fingerprint density at radius 3 is 2.77 bits per heavy atom. The highest BCUT2D eigenvalue weighted by Crippen LogP contribution is 2.28. The van der Waals surface area contributed by atoms with Crippen molar-refractivity contribution in [2.75, 3.05) is 5.32 Å². The van der Waals surface area contributed by atoms with Crippen LogP contribution in [0.2, 0.25) is 0 Å². The van der Waals surface area contributed by atoms with Crippen LogP contribution < -0.4 is 5.32 Å². The first-order chi connectivity index (χ1) is 12.6. The molecule has 0 radical (unpaired) electrons. The molecule has 0 spiro atoms. The first kappa shape index (κ1) is 18.2. The third kappa shape index (κ3) is 4.13. The van der Waals surface area contributed by atoms with E-state index in [-0.39, 0.29) is 17.2 Å². The fourth-order valence-electron chi connectivity index (χ4n) is 2.56. The number of anilines is 1. The maximum absolute atomic E-state index is 12.6. The molecule has 8 heteroatoms. The minimum Gasteiger partial charge on any atom is -0.360 e. The second kappa shape index (κ2) is 8.18. The van der Waals surface area contributed by atoms with Crippen molar-refractivity contribution >= 4 is 23.5 Å². The monoisotopic (exact) mass is 371 g/mol. The molecule has 1 amide bonds. The molecule has 0 aliphatic heterocycles. The molecule has 0 aliphatic rings. The van der Waals surface area contributed by atoms with Crippen LogP contribution >= 0.6 is 11.8 Å². The van der Waals surface area contributed by atoms with Crippen molar-refractivity contribution in [2.45, 2.75) is 43.6 Å². The number of benzene rings is 1. The van der Waals surface area contributed by atoms with E-state index in [2.05, 4.69) is 39.7 Å². The maximum Gasteiger partial charge on any atom is 0.239 e. The van der Waals surface area contributed by atoms with Gasteiger partial charge < -0.3 is 14.4 Å². The Hall–Kier alpha value is -2.61. The number of hydrogen-bond acceptors (Lipinski definition) is 6. The zero-order valence-electron chi connectivity index (χ0n) is 14.9. The minimum atomic E-state index is -0.307. The summed E-state index contributed by atoms with van der Waals surface area (Å²) in [4.78, 5) is 12.6. The van der Waals surface area contributed by atoms with Crippen molar-refractivity contribution in [1.82, 2.24) is 19.9 Å². The van der Waals surface area contributed by atoms with Gasteiger partial charge in [0, 0.05) is 6.07 Å². The van der Waals surface area contributed by atoms with E-state index in [1.165, 1.54) is 11.8 Å². The molecular weight excluding hydrogens is 350 g/mol. The second-order valence-corrected chi connectivity index (χ2v) is 7.10. The second-order valence-electron chi connectivity index (χ2n) is 5.93. The number of carbonyl (C=O) groups excluding carboxylic acids is 1. The molecule has 0 saturated heterocycles. The minimum absolute atomic E-state index is 0.0763. The van der Waals surface area contributed by atoms with Crippen molar-refractivity contribution in [3.05, 3.63) is 54.0 Å². The summed E-state index contributed by atoms with van der Waals surface area (Å²) in [6.07, 6.45) is 2.35. The molecule has 0 unspecified atom stereocenters. The van der Waals surface area contributed by atoms with Gasteiger partial charge in [0.2, 0.25) is 5.91 Å². The predicted octanol–water partition coefficient (Wildman–Crippen LogP) is 3.69. The van der Waals surface area contributed by atoms with Gasteiger partial charge in [0.05, 0.1) is 11.3 Å². The van der Waals surface area contributed by atoms with Crippen molar-refractivity contribution in [3.63, 3.8) is 0 Å². The van der Waals surface area contributed by atoms with E-state index in [1.807, 2.05) is 29.7 Å². The molecule has 2 heterocycles. The topological polar surface area (TPSA) is 85.8 Å². The molecule has 1 N–H and O–H groups in total. The van der Waals surface area contributed by atoms with Crippen molar-refractivity contribution in [1.29, 1.82) is 0 Å². The van der Waals surface area contributed by atoms with E-state index in [9.17, 15) is 4.79 Å². The van der Waals surface area contributed by atoms with E-state index in [0.717, 1.165) is 5.56 Å². The summed E-state index contributed by atoms with van der Waals surface area (Å²) in [6, 6.07) is 11.9. The lowest BCUT2D eigenvalue weighted by Crippen LogP contribution is -2.25. The van der Waals surface area contributed by atoms with Gasteiger partial charge in [0.15, 0.2) is 11.0 Å². The lowest BCUT2D eigenvalue weighted by atomic mass is 10.1. The van der Waals surface area contributed by atoms with Crippen LogP contribution in [0.15, 0.2) is 52.4 Å². The number of rotatable bonds is 7. The molecule has 0 saturated carbocycles. The van der Waals surface area contributed by atoms with E-state index < -0.39 is 0 Å². The highest BCUT2D eigenvalue weighted by Gasteiger charge is 2.23. The summed E-state index contributed by atoms with van der Waals surface area (Å²) in [7, 11) is 0. The zero-order valence-corrected chi connectivity index (χ0v) is 15.7. The zero-order chi connectivity index (χ0) is 18.5. The standard InChI is InChI=1S/C18H21N5O2S/c1-4-15(17(24)20-16-10-12(2)25-22-16)26-18-21-19-11-23(18)13(3)14-8-6-5-7-9-14/h5-11,13,15H,4H2,1-3H3,(H,20,22,24)/t13-,15-/m1/s1. The van der Waals surface area contributed by atoms with Gasteiger partial charge in [0.1, 0.15) is 12.1 Å². The van der Waals surface area contributed by atoms with Gasteiger partial charge >= 0.3 is 0 Å². The summed E-state index contributed by atoms with van der Waals surface area (Å²) < 4.78 is 6.97. The normalized spacial score (nSPS) is 13.3. The molecule has 2 atom stereocenters. The predicted molar refractivity (Wildman–Crippen MR) is 100 cm³/mol. The molecule has 1 aromatic carbocycles. The van der Waals surface area contributed by atoms with Gasteiger partial charge in [0.25, 0.3) is 0 Å². The van der Waals surface area contributed by atoms with Crippen LogP contribution in [0, 0.1) is 6.92 Å². The third-order valence-electron chi connectivity index (χ3n) is 4.03. The van der Waals surface area contributed by atoms with Crippen molar-refractivity contribution < 1.29 is 9.32 Å². The van der Waals surface area contributed by atoms with Crippen LogP contribution in [0.1, 0.15) is 37.6 Å². The van der Waals surface area contributed by atoms with Crippen LogP contribution in [0.5, 0.6) is 0 Å².